The van der Waals surface area contributed by atoms with E-state index in [1.807, 2.05) is 54.6 Å². The zero-order chi connectivity index (χ0) is 15.3. The highest BCUT2D eigenvalue weighted by atomic mass is 16.5. The maximum absolute atomic E-state index is 11.1. The molecule has 21 heavy (non-hydrogen) atoms. The molecule has 0 saturated carbocycles. The minimum atomic E-state index is -0.758. The van der Waals surface area contributed by atoms with E-state index in [0.717, 1.165) is 23.5 Å². The summed E-state index contributed by atoms with van der Waals surface area (Å²) >= 11 is 0. The second-order valence-corrected chi connectivity index (χ2v) is 5.75. The van der Waals surface area contributed by atoms with Crippen LogP contribution < -0.4 is 4.74 Å². The highest BCUT2D eigenvalue weighted by molar-refractivity contribution is 5.73. The van der Waals surface area contributed by atoms with E-state index in [-0.39, 0.29) is 0 Å². The van der Waals surface area contributed by atoms with E-state index in [4.69, 9.17) is 9.84 Å². The predicted molar refractivity (Wildman–Crippen MR) is 82.7 cm³/mol. The second kappa shape index (κ2) is 6.44. The molecule has 0 fully saturated rings. The summed E-state index contributed by atoms with van der Waals surface area (Å²) < 4.78 is 5.72. The van der Waals surface area contributed by atoms with Crippen LogP contribution in [-0.4, -0.2) is 11.1 Å². The summed E-state index contributed by atoms with van der Waals surface area (Å²) in [6, 6.07) is 17.4. The molecule has 0 aliphatic rings. The molecule has 3 nitrogen and oxygen atoms in total. The van der Waals surface area contributed by atoms with Gasteiger partial charge in [0.15, 0.2) is 0 Å². The lowest BCUT2D eigenvalue weighted by molar-refractivity contribution is -0.147. The largest absolute Gasteiger partial charge is 0.481 e. The minimum absolute atomic E-state index is 0.612. The van der Waals surface area contributed by atoms with E-state index in [1.54, 1.807) is 13.8 Å². The molecule has 0 aliphatic carbocycles. The van der Waals surface area contributed by atoms with E-state index in [2.05, 4.69) is 0 Å². The Balaban J connectivity index is 1.95. The third-order valence-electron chi connectivity index (χ3n) is 3.52. The zero-order valence-electron chi connectivity index (χ0n) is 12.4. The average molecular weight is 284 g/mol. The summed E-state index contributed by atoms with van der Waals surface area (Å²) in [5.41, 5.74) is 0.420. The van der Waals surface area contributed by atoms with Crippen molar-refractivity contribution in [2.24, 2.45) is 5.41 Å². The van der Waals surface area contributed by atoms with E-state index < -0.39 is 11.4 Å². The van der Waals surface area contributed by atoms with Crippen molar-refractivity contribution < 1.29 is 14.6 Å². The Morgan fingerprint density at radius 1 is 1.00 bits per heavy atom. The van der Waals surface area contributed by atoms with Crippen molar-refractivity contribution in [3.8, 4) is 11.5 Å². The van der Waals surface area contributed by atoms with Gasteiger partial charge in [-0.05, 0) is 56.5 Å². The van der Waals surface area contributed by atoms with Crippen molar-refractivity contribution in [2.75, 3.05) is 0 Å². The van der Waals surface area contributed by atoms with Crippen molar-refractivity contribution in [1.82, 2.24) is 0 Å². The Bertz CT molecular complexity index is 586. The Kier molecular flexibility index (Phi) is 4.63. The molecule has 0 heterocycles. The Morgan fingerprint density at radius 3 is 2.14 bits per heavy atom. The van der Waals surface area contributed by atoms with E-state index in [1.165, 1.54) is 0 Å². The summed E-state index contributed by atoms with van der Waals surface area (Å²) in [5.74, 6) is 0.825. The summed E-state index contributed by atoms with van der Waals surface area (Å²) in [7, 11) is 0. The van der Waals surface area contributed by atoms with Gasteiger partial charge in [-0.2, -0.15) is 0 Å². The molecule has 1 N–H and O–H groups in total. The van der Waals surface area contributed by atoms with Crippen molar-refractivity contribution in [3.63, 3.8) is 0 Å². The van der Waals surface area contributed by atoms with Crippen LogP contribution in [0, 0.1) is 5.41 Å². The first kappa shape index (κ1) is 15.1. The van der Waals surface area contributed by atoms with Gasteiger partial charge in [0.25, 0.3) is 0 Å². The summed E-state index contributed by atoms with van der Waals surface area (Å²) in [4.78, 5) is 11.1. The molecule has 0 amide bonds. The van der Waals surface area contributed by atoms with Gasteiger partial charge >= 0.3 is 5.97 Å². The molecule has 0 atom stereocenters. The Morgan fingerprint density at radius 2 is 1.57 bits per heavy atom. The second-order valence-electron chi connectivity index (χ2n) is 5.75. The van der Waals surface area contributed by atoms with Crippen molar-refractivity contribution in [1.29, 1.82) is 0 Å². The number of rotatable bonds is 6. The normalized spacial score (nSPS) is 11.1. The first-order valence-electron chi connectivity index (χ1n) is 7.03. The molecular formula is C18H20O3. The van der Waals surface area contributed by atoms with Crippen LogP contribution >= 0.6 is 0 Å². The number of hydrogen-bond acceptors (Lipinski definition) is 2. The molecule has 2 aromatic carbocycles. The number of ether oxygens (including phenoxy) is 1. The number of benzene rings is 2. The molecular weight excluding hydrogens is 264 g/mol. The van der Waals surface area contributed by atoms with Gasteiger partial charge in [-0.3, -0.25) is 4.79 Å². The molecule has 3 heteroatoms. The van der Waals surface area contributed by atoms with Crippen LogP contribution in [0.5, 0.6) is 11.5 Å². The summed E-state index contributed by atoms with van der Waals surface area (Å²) in [5, 5.41) is 9.11. The topological polar surface area (TPSA) is 46.5 Å². The number of carboxylic acid groups (broad SMARTS) is 1. The van der Waals surface area contributed by atoms with Crippen molar-refractivity contribution in [3.05, 3.63) is 60.2 Å². The minimum Gasteiger partial charge on any atom is -0.481 e. The van der Waals surface area contributed by atoms with Gasteiger partial charge in [0.1, 0.15) is 11.5 Å². The van der Waals surface area contributed by atoms with Crippen LogP contribution in [0.1, 0.15) is 25.8 Å². The quantitative estimate of drug-likeness (QED) is 0.848. The highest BCUT2D eigenvalue weighted by Gasteiger charge is 2.26. The van der Waals surface area contributed by atoms with E-state index in [0.29, 0.717) is 6.42 Å². The maximum Gasteiger partial charge on any atom is 0.309 e. The number of aliphatic carboxylic acids is 1. The SMILES string of the molecule is CC(C)(CCc1ccc(Oc2ccccc2)cc1)C(=O)O. The van der Waals surface area contributed by atoms with Crippen LogP contribution in [0.3, 0.4) is 0 Å². The number of hydrogen-bond donors (Lipinski definition) is 1. The third kappa shape index (κ3) is 4.35. The third-order valence-corrected chi connectivity index (χ3v) is 3.52. The van der Waals surface area contributed by atoms with Crippen LogP contribution in [0.2, 0.25) is 0 Å². The molecule has 0 unspecified atom stereocenters. The van der Waals surface area contributed by atoms with Gasteiger partial charge in [-0.1, -0.05) is 30.3 Å². The van der Waals surface area contributed by atoms with Gasteiger partial charge in [0.05, 0.1) is 5.41 Å². The monoisotopic (exact) mass is 284 g/mol. The molecule has 0 radical (unpaired) electrons. The van der Waals surface area contributed by atoms with Crippen LogP contribution in [0.15, 0.2) is 54.6 Å². The molecule has 0 spiro atoms. The van der Waals surface area contributed by atoms with Crippen molar-refractivity contribution in [2.45, 2.75) is 26.7 Å². The van der Waals surface area contributed by atoms with Gasteiger partial charge in [0.2, 0.25) is 0 Å². The van der Waals surface area contributed by atoms with E-state index >= 15 is 0 Å². The number of para-hydroxylation sites is 1. The molecule has 0 saturated heterocycles. The maximum atomic E-state index is 11.1. The summed E-state index contributed by atoms with van der Waals surface area (Å²) in [6.45, 7) is 3.50. The number of carbonyl (C=O) groups is 1. The Labute approximate surface area is 125 Å². The molecule has 0 bridgehead atoms. The molecule has 0 aromatic heterocycles. The fourth-order valence-electron chi connectivity index (χ4n) is 1.91. The zero-order valence-corrected chi connectivity index (χ0v) is 12.4. The van der Waals surface area contributed by atoms with Crippen LogP contribution in [0.25, 0.3) is 0 Å². The average Bonchev–Trinajstić information content (AvgIpc) is 2.47. The first-order chi connectivity index (χ1) is 9.97. The van der Waals surface area contributed by atoms with Gasteiger partial charge < -0.3 is 9.84 Å². The number of carboxylic acids is 1. The molecule has 110 valence electrons. The standard InChI is InChI=1S/C18H20O3/c1-18(2,17(19)20)13-12-14-8-10-16(11-9-14)21-15-6-4-3-5-7-15/h3-11H,12-13H2,1-2H3,(H,19,20). The lowest BCUT2D eigenvalue weighted by atomic mass is 9.86. The van der Waals surface area contributed by atoms with Gasteiger partial charge in [0, 0.05) is 0 Å². The van der Waals surface area contributed by atoms with Crippen LogP contribution in [0.4, 0.5) is 0 Å². The summed E-state index contributed by atoms with van der Waals surface area (Å²) in [6.07, 6.45) is 1.35. The predicted octanol–water partition coefficient (Wildman–Crippen LogP) is 4.52. The number of aryl methyl sites for hydroxylation is 1. The molecule has 2 rings (SSSR count). The first-order valence-corrected chi connectivity index (χ1v) is 7.03. The highest BCUT2D eigenvalue weighted by Crippen LogP contribution is 2.25. The van der Waals surface area contributed by atoms with Crippen LogP contribution in [-0.2, 0) is 11.2 Å². The van der Waals surface area contributed by atoms with Gasteiger partial charge in [-0.15, -0.1) is 0 Å². The fourth-order valence-corrected chi connectivity index (χ4v) is 1.91. The van der Waals surface area contributed by atoms with E-state index in [9.17, 15) is 4.79 Å². The Hall–Kier alpha value is -2.29. The smallest absolute Gasteiger partial charge is 0.309 e. The fraction of sp³-hybridized carbons (Fsp3) is 0.278. The molecule has 0 aliphatic heterocycles. The molecule has 2 aromatic rings. The van der Waals surface area contributed by atoms with Gasteiger partial charge in [-0.25, -0.2) is 0 Å². The lowest BCUT2D eigenvalue weighted by Crippen LogP contribution is -2.24. The van der Waals surface area contributed by atoms with Crippen molar-refractivity contribution >= 4 is 5.97 Å². The lowest BCUT2D eigenvalue weighted by Gasteiger charge is -2.18.